The number of aryl methyl sites for hydroxylation is 3. The molecule has 0 bridgehead atoms. The number of anilines is 2. The van der Waals surface area contributed by atoms with Crippen LogP contribution in [0.4, 0.5) is 11.8 Å². The Bertz CT molecular complexity index is 774. The number of aliphatic carboxylic acids is 1. The zero-order valence-electron chi connectivity index (χ0n) is 14.7. The van der Waals surface area contributed by atoms with Gasteiger partial charge in [0, 0.05) is 23.1 Å². The van der Waals surface area contributed by atoms with Crippen LogP contribution in [0, 0.1) is 20.8 Å². The van der Waals surface area contributed by atoms with Crippen LogP contribution in [0.2, 0.25) is 0 Å². The average Bonchev–Trinajstić information content (AvgIpc) is 2.92. The van der Waals surface area contributed by atoms with Crippen LogP contribution in [0.1, 0.15) is 41.8 Å². The Labute approximate surface area is 146 Å². The molecule has 3 rings (SSSR count). The lowest BCUT2D eigenvalue weighted by molar-refractivity contribution is -0.138. The minimum atomic E-state index is -0.832. The van der Waals surface area contributed by atoms with Crippen LogP contribution < -0.4 is 5.32 Å². The second-order valence-electron chi connectivity index (χ2n) is 6.37. The third kappa shape index (κ3) is 4.27. The van der Waals surface area contributed by atoms with Crippen LogP contribution in [0.15, 0.2) is 12.1 Å². The molecule has 8 heteroatoms. The lowest BCUT2D eigenvalue weighted by Gasteiger charge is -2.21. The van der Waals surface area contributed by atoms with Crippen molar-refractivity contribution in [1.82, 2.24) is 24.8 Å². The topological polar surface area (TPSA) is 104 Å². The van der Waals surface area contributed by atoms with Gasteiger partial charge < -0.3 is 10.4 Å². The van der Waals surface area contributed by atoms with Crippen LogP contribution in [0.5, 0.6) is 0 Å². The third-order valence-electron chi connectivity index (χ3n) is 4.09. The molecule has 0 saturated carbocycles. The van der Waals surface area contributed by atoms with Crippen molar-refractivity contribution in [2.24, 2.45) is 0 Å². The first-order chi connectivity index (χ1) is 11.9. The maximum atomic E-state index is 11.1. The van der Waals surface area contributed by atoms with Crippen molar-refractivity contribution in [1.29, 1.82) is 0 Å². The van der Waals surface area contributed by atoms with E-state index >= 15 is 0 Å². The van der Waals surface area contributed by atoms with E-state index < -0.39 is 5.97 Å². The van der Waals surface area contributed by atoms with Crippen molar-refractivity contribution in [2.75, 3.05) is 18.4 Å². The summed E-state index contributed by atoms with van der Waals surface area (Å²) in [5.74, 6) is 0.928. The number of carbonyl (C=O) groups is 1. The standard InChI is InChI=1S/C17H22N6O2/c1-10-7-11(2)20-17(19-10)22-14-8-12(3)18-16(21-14)13-5-4-6-23(13)9-15(24)25/h7-8,13H,4-6,9H2,1-3H3,(H,24,25)(H,18,19,20,21,22)/t13-/m0/s1. The number of hydrogen-bond donors (Lipinski definition) is 2. The van der Waals surface area contributed by atoms with E-state index in [2.05, 4.69) is 25.3 Å². The van der Waals surface area contributed by atoms with E-state index in [-0.39, 0.29) is 12.6 Å². The second-order valence-corrected chi connectivity index (χ2v) is 6.37. The highest BCUT2D eigenvalue weighted by molar-refractivity contribution is 5.69. The van der Waals surface area contributed by atoms with Crippen molar-refractivity contribution >= 4 is 17.7 Å². The molecule has 1 saturated heterocycles. The number of likely N-dealkylation sites (tertiary alicyclic amines) is 1. The fourth-order valence-corrected chi connectivity index (χ4v) is 3.18. The number of aromatic nitrogens is 4. The lowest BCUT2D eigenvalue weighted by Crippen LogP contribution is -2.30. The molecule has 8 nitrogen and oxygen atoms in total. The molecule has 3 heterocycles. The van der Waals surface area contributed by atoms with E-state index in [9.17, 15) is 4.79 Å². The van der Waals surface area contributed by atoms with Crippen LogP contribution >= 0.6 is 0 Å². The quantitative estimate of drug-likeness (QED) is 0.852. The highest BCUT2D eigenvalue weighted by atomic mass is 16.4. The number of carboxylic acids is 1. The summed E-state index contributed by atoms with van der Waals surface area (Å²) >= 11 is 0. The maximum absolute atomic E-state index is 11.1. The summed E-state index contributed by atoms with van der Waals surface area (Å²) in [5, 5.41) is 12.2. The summed E-state index contributed by atoms with van der Waals surface area (Å²) < 4.78 is 0. The van der Waals surface area contributed by atoms with E-state index in [1.807, 2.05) is 37.8 Å². The first kappa shape index (κ1) is 17.2. The van der Waals surface area contributed by atoms with Gasteiger partial charge in [0.2, 0.25) is 5.95 Å². The van der Waals surface area contributed by atoms with Gasteiger partial charge in [-0.05, 0) is 46.2 Å². The Morgan fingerprint density at radius 3 is 2.52 bits per heavy atom. The van der Waals surface area contributed by atoms with Crippen LogP contribution in [-0.2, 0) is 4.79 Å². The molecule has 1 aliphatic heterocycles. The van der Waals surface area contributed by atoms with Crippen molar-refractivity contribution < 1.29 is 9.90 Å². The molecule has 1 fully saturated rings. The highest BCUT2D eigenvalue weighted by Crippen LogP contribution is 2.30. The minimum absolute atomic E-state index is 0.00488. The van der Waals surface area contributed by atoms with Gasteiger partial charge in [0.05, 0.1) is 12.6 Å². The van der Waals surface area contributed by atoms with E-state index in [1.165, 1.54) is 0 Å². The van der Waals surface area contributed by atoms with Gasteiger partial charge in [0.25, 0.3) is 0 Å². The van der Waals surface area contributed by atoms with E-state index in [1.54, 1.807) is 0 Å². The van der Waals surface area contributed by atoms with Gasteiger partial charge in [-0.15, -0.1) is 0 Å². The maximum Gasteiger partial charge on any atom is 0.317 e. The molecule has 2 N–H and O–H groups in total. The van der Waals surface area contributed by atoms with Gasteiger partial charge in [-0.1, -0.05) is 0 Å². The van der Waals surface area contributed by atoms with E-state index in [0.29, 0.717) is 17.6 Å². The number of carboxylic acid groups (broad SMARTS) is 1. The van der Waals surface area contributed by atoms with E-state index in [4.69, 9.17) is 5.11 Å². The van der Waals surface area contributed by atoms with Gasteiger partial charge in [-0.3, -0.25) is 9.69 Å². The third-order valence-corrected chi connectivity index (χ3v) is 4.09. The van der Waals surface area contributed by atoms with E-state index in [0.717, 1.165) is 36.5 Å². The lowest BCUT2D eigenvalue weighted by atomic mass is 10.2. The average molecular weight is 342 g/mol. The predicted molar refractivity (Wildman–Crippen MR) is 92.7 cm³/mol. The summed E-state index contributed by atoms with van der Waals surface area (Å²) in [4.78, 5) is 30.8. The molecule has 25 heavy (non-hydrogen) atoms. The molecule has 2 aromatic rings. The minimum Gasteiger partial charge on any atom is -0.480 e. The Morgan fingerprint density at radius 1 is 1.16 bits per heavy atom. The zero-order valence-corrected chi connectivity index (χ0v) is 14.7. The summed E-state index contributed by atoms with van der Waals surface area (Å²) in [6.45, 7) is 6.48. The number of hydrogen-bond acceptors (Lipinski definition) is 7. The molecule has 0 amide bonds. The Morgan fingerprint density at radius 2 is 1.84 bits per heavy atom. The Hall–Kier alpha value is -2.61. The molecular weight excluding hydrogens is 320 g/mol. The summed E-state index contributed by atoms with van der Waals surface area (Å²) in [7, 11) is 0. The molecule has 1 aliphatic rings. The molecular formula is C17H22N6O2. The molecule has 0 aliphatic carbocycles. The van der Waals surface area contributed by atoms with Crippen LogP contribution in [0.25, 0.3) is 0 Å². The van der Waals surface area contributed by atoms with Gasteiger partial charge in [0.1, 0.15) is 11.6 Å². The second kappa shape index (κ2) is 7.10. The summed E-state index contributed by atoms with van der Waals surface area (Å²) in [5.41, 5.74) is 2.58. The summed E-state index contributed by atoms with van der Waals surface area (Å²) in [6.07, 6.45) is 1.80. The van der Waals surface area contributed by atoms with Crippen molar-refractivity contribution in [3.63, 3.8) is 0 Å². The first-order valence-corrected chi connectivity index (χ1v) is 8.31. The molecule has 0 unspecified atom stereocenters. The Kier molecular flexibility index (Phi) is 4.89. The number of nitrogens with zero attached hydrogens (tertiary/aromatic N) is 5. The predicted octanol–water partition coefficient (Wildman–Crippen LogP) is 2.16. The first-order valence-electron chi connectivity index (χ1n) is 8.31. The molecule has 2 aromatic heterocycles. The summed E-state index contributed by atoms with van der Waals surface area (Å²) in [6, 6.07) is 3.67. The fourth-order valence-electron chi connectivity index (χ4n) is 3.18. The van der Waals surface area contributed by atoms with Gasteiger partial charge >= 0.3 is 5.97 Å². The molecule has 0 spiro atoms. The van der Waals surface area contributed by atoms with Crippen molar-refractivity contribution in [3.05, 3.63) is 35.0 Å². The zero-order chi connectivity index (χ0) is 18.0. The molecule has 132 valence electrons. The number of rotatable bonds is 5. The molecule has 1 atom stereocenters. The van der Waals surface area contributed by atoms with Gasteiger partial charge in [-0.25, -0.2) is 19.9 Å². The van der Waals surface area contributed by atoms with Gasteiger partial charge in [-0.2, -0.15) is 0 Å². The van der Waals surface area contributed by atoms with Crippen LogP contribution in [0.3, 0.4) is 0 Å². The Balaban J connectivity index is 1.86. The van der Waals surface area contributed by atoms with Gasteiger partial charge in [0.15, 0.2) is 0 Å². The van der Waals surface area contributed by atoms with Crippen molar-refractivity contribution in [2.45, 2.75) is 39.7 Å². The normalized spacial score (nSPS) is 17.6. The largest absolute Gasteiger partial charge is 0.480 e. The monoisotopic (exact) mass is 342 g/mol. The smallest absolute Gasteiger partial charge is 0.317 e. The van der Waals surface area contributed by atoms with Crippen molar-refractivity contribution in [3.8, 4) is 0 Å². The highest BCUT2D eigenvalue weighted by Gasteiger charge is 2.30. The SMILES string of the molecule is Cc1cc(C)nc(Nc2cc(C)nc([C@@H]3CCCN3CC(=O)O)n2)n1. The van der Waals surface area contributed by atoms with Crippen LogP contribution in [-0.4, -0.2) is 49.0 Å². The number of nitrogens with one attached hydrogen (secondary N) is 1. The molecule has 0 aromatic carbocycles. The molecule has 0 radical (unpaired) electrons. The fraction of sp³-hybridized carbons (Fsp3) is 0.471.